The molecule has 4 aromatic rings. The van der Waals surface area contributed by atoms with Crippen molar-refractivity contribution >= 4 is 10.9 Å². The molecule has 3 aromatic heterocycles. The largest absolute Gasteiger partial charge is 0.394 e. The van der Waals surface area contributed by atoms with Gasteiger partial charge in [-0.3, -0.25) is 14.3 Å². The van der Waals surface area contributed by atoms with E-state index in [0.29, 0.717) is 33.5 Å². The molecule has 7 heteroatoms. The van der Waals surface area contributed by atoms with E-state index >= 15 is 0 Å². The van der Waals surface area contributed by atoms with Crippen molar-refractivity contribution in [1.29, 1.82) is 0 Å². The van der Waals surface area contributed by atoms with Gasteiger partial charge in [-0.05, 0) is 43.7 Å². The lowest BCUT2D eigenvalue weighted by atomic mass is 10.1. The Kier molecular flexibility index (Phi) is 4.90. The monoisotopic (exact) mass is 390 g/mol. The molecule has 29 heavy (non-hydrogen) atoms. The highest BCUT2D eigenvalue weighted by Gasteiger charge is 2.17. The summed E-state index contributed by atoms with van der Waals surface area (Å²) >= 11 is 0. The molecule has 0 bridgehead atoms. The summed E-state index contributed by atoms with van der Waals surface area (Å²) in [5.74, 6) is -0.404. The Morgan fingerprint density at radius 1 is 1.14 bits per heavy atom. The molecule has 0 unspecified atom stereocenters. The van der Waals surface area contributed by atoms with E-state index in [1.807, 2.05) is 19.1 Å². The van der Waals surface area contributed by atoms with Gasteiger partial charge in [0.15, 0.2) is 0 Å². The van der Waals surface area contributed by atoms with Crippen molar-refractivity contribution in [3.8, 4) is 22.6 Å². The first-order valence-electron chi connectivity index (χ1n) is 9.19. The molecular weight excluding hydrogens is 371 g/mol. The van der Waals surface area contributed by atoms with E-state index in [1.165, 1.54) is 23.0 Å². The topological polar surface area (TPSA) is 80.9 Å². The predicted molar refractivity (Wildman–Crippen MR) is 109 cm³/mol. The molecule has 0 fully saturated rings. The lowest BCUT2D eigenvalue weighted by molar-refractivity contribution is 0.236. The maximum absolute atomic E-state index is 13.9. The fourth-order valence-corrected chi connectivity index (χ4v) is 3.13. The predicted octanol–water partition coefficient (Wildman–Crippen LogP) is 3.52. The van der Waals surface area contributed by atoms with Crippen LogP contribution < -0.4 is 5.56 Å². The van der Waals surface area contributed by atoms with E-state index in [0.717, 1.165) is 5.56 Å². The van der Waals surface area contributed by atoms with Crippen LogP contribution in [0.5, 0.6) is 0 Å². The lowest BCUT2D eigenvalue weighted by Gasteiger charge is -2.14. The molecule has 0 spiro atoms. The van der Waals surface area contributed by atoms with Gasteiger partial charge >= 0.3 is 0 Å². The van der Waals surface area contributed by atoms with E-state index < -0.39 is 11.9 Å². The van der Waals surface area contributed by atoms with Crippen LogP contribution in [0.1, 0.15) is 18.5 Å². The van der Waals surface area contributed by atoms with Gasteiger partial charge in [0.25, 0.3) is 5.56 Å². The number of aryl methyl sites for hydroxylation is 1. The SMILES string of the molecule is Cc1ccc(-c2cc3c(=O)n([C@@H](C)CO)cnc3c(-c3cccc(F)c3)n2)nc1. The standard InChI is InChI=1S/C22H19FN4O2/c1-13-6-7-18(24-10-13)19-9-17-21(25-12-27(22(17)29)14(2)11-28)20(26-19)15-4-3-5-16(23)8-15/h3-10,12,14,28H,11H2,1-2H3/t14-/m0/s1. The van der Waals surface area contributed by atoms with Gasteiger partial charge < -0.3 is 5.11 Å². The van der Waals surface area contributed by atoms with E-state index in [-0.39, 0.29) is 12.2 Å². The van der Waals surface area contributed by atoms with Crippen LogP contribution in [0.2, 0.25) is 0 Å². The first kappa shape index (κ1) is 18.9. The number of nitrogens with zero attached hydrogens (tertiary/aromatic N) is 4. The van der Waals surface area contributed by atoms with Gasteiger partial charge in [-0.2, -0.15) is 0 Å². The van der Waals surface area contributed by atoms with Crippen LogP contribution >= 0.6 is 0 Å². The van der Waals surface area contributed by atoms with Crippen LogP contribution in [0.4, 0.5) is 4.39 Å². The Bertz CT molecular complexity index is 1250. The highest BCUT2D eigenvalue weighted by molar-refractivity contribution is 5.93. The summed E-state index contributed by atoms with van der Waals surface area (Å²) in [7, 11) is 0. The number of fused-ring (bicyclic) bond motifs is 1. The number of benzene rings is 1. The fraction of sp³-hybridized carbons (Fsp3) is 0.182. The van der Waals surface area contributed by atoms with Crippen LogP contribution in [0.3, 0.4) is 0 Å². The molecule has 0 radical (unpaired) electrons. The molecule has 1 aromatic carbocycles. The maximum Gasteiger partial charge on any atom is 0.261 e. The zero-order valence-corrected chi connectivity index (χ0v) is 16.0. The number of rotatable bonds is 4. The molecular formula is C22H19FN4O2. The zero-order valence-electron chi connectivity index (χ0n) is 16.0. The molecule has 0 aliphatic heterocycles. The summed E-state index contributed by atoms with van der Waals surface area (Å²) in [6, 6.07) is 11.0. The Labute approximate surface area is 166 Å². The summed E-state index contributed by atoms with van der Waals surface area (Å²) < 4.78 is 15.2. The molecule has 1 N–H and O–H groups in total. The molecule has 0 saturated carbocycles. The second-order valence-electron chi connectivity index (χ2n) is 6.97. The van der Waals surface area contributed by atoms with Crippen LogP contribution in [-0.2, 0) is 0 Å². The van der Waals surface area contributed by atoms with Crippen molar-refractivity contribution in [3.05, 3.63) is 76.7 Å². The second kappa shape index (κ2) is 7.52. The smallest absolute Gasteiger partial charge is 0.261 e. The van der Waals surface area contributed by atoms with Crippen LogP contribution in [0.15, 0.2) is 59.8 Å². The van der Waals surface area contributed by atoms with Gasteiger partial charge in [-0.15, -0.1) is 0 Å². The first-order chi connectivity index (χ1) is 14.0. The minimum Gasteiger partial charge on any atom is -0.394 e. The van der Waals surface area contributed by atoms with E-state index in [2.05, 4.69) is 15.0 Å². The van der Waals surface area contributed by atoms with Crippen molar-refractivity contribution in [2.75, 3.05) is 6.61 Å². The number of pyridine rings is 2. The summed E-state index contributed by atoms with van der Waals surface area (Å²) in [4.78, 5) is 26.6. The van der Waals surface area contributed by atoms with Gasteiger partial charge in [-0.25, -0.2) is 14.4 Å². The average molecular weight is 390 g/mol. The highest BCUT2D eigenvalue weighted by atomic mass is 19.1. The normalized spacial score (nSPS) is 12.3. The molecule has 0 aliphatic rings. The minimum absolute atomic E-state index is 0.193. The third-order valence-electron chi connectivity index (χ3n) is 4.78. The number of aliphatic hydroxyl groups excluding tert-OH is 1. The average Bonchev–Trinajstić information content (AvgIpc) is 2.73. The molecule has 6 nitrogen and oxygen atoms in total. The first-order valence-corrected chi connectivity index (χ1v) is 9.19. The summed E-state index contributed by atoms with van der Waals surface area (Å²) in [5.41, 5.74) is 3.08. The number of aromatic nitrogens is 4. The Balaban J connectivity index is 2.05. The van der Waals surface area contributed by atoms with Crippen molar-refractivity contribution in [3.63, 3.8) is 0 Å². The minimum atomic E-state index is -0.425. The molecule has 0 aliphatic carbocycles. The number of hydrogen-bond donors (Lipinski definition) is 1. The van der Waals surface area contributed by atoms with Crippen molar-refractivity contribution < 1.29 is 9.50 Å². The van der Waals surface area contributed by atoms with Crippen molar-refractivity contribution in [2.24, 2.45) is 0 Å². The maximum atomic E-state index is 13.9. The Morgan fingerprint density at radius 2 is 1.97 bits per heavy atom. The fourth-order valence-electron chi connectivity index (χ4n) is 3.13. The van der Waals surface area contributed by atoms with Gasteiger partial charge in [0, 0.05) is 11.8 Å². The zero-order chi connectivity index (χ0) is 20.5. The third-order valence-corrected chi connectivity index (χ3v) is 4.78. The van der Waals surface area contributed by atoms with Crippen LogP contribution in [0.25, 0.3) is 33.5 Å². The summed E-state index contributed by atoms with van der Waals surface area (Å²) in [6.45, 7) is 3.47. The number of aliphatic hydroxyl groups is 1. The van der Waals surface area contributed by atoms with Gasteiger partial charge in [0.2, 0.25) is 0 Å². The lowest BCUT2D eigenvalue weighted by Crippen LogP contribution is -2.25. The van der Waals surface area contributed by atoms with Crippen LogP contribution in [0, 0.1) is 12.7 Å². The second-order valence-corrected chi connectivity index (χ2v) is 6.97. The van der Waals surface area contributed by atoms with Gasteiger partial charge in [0.05, 0.1) is 41.4 Å². The van der Waals surface area contributed by atoms with E-state index in [1.54, 1.807) is 31.3 Å². The summed E-state index contributed by atoms with van der Waals surface area (Å²) in [6.07, 6.45) is 3.11. The summed E-state index contributed by atoms with van der Waals surface area (Å²) in [5, 5.41) is 9.79. The van der Waals surface area contributed by atoms with Crippen molar-refractivity contribution in [2.45, 2.75) is 19.9 Å². The molecule has 4 rings (SSSR count). The molecule has 146 valence electrons. The Morgan fingerprint density at radius 3 is 2.66 bits per heavy atom. The quantitative estimate of drug-likeness (QED) is 0.577. The van der Waals surface area contributed by atoms with E-state index in [9.17, 15) is 14.3 Å². The number of halogens is 1. The third kappa shape index (κ3) is 3.52. The molecule has 1 atom stereocenters. The molecule has 3 heterocycles. The van der Waals surface area contributed by atoms with E-state index in [4.69, 9.17) is 0 Å². The van der Waals surface area contributed by atoms with Crippen LogP contribution in [-0.4, -0.2) is 31.2 Å². The van der Waals surface area contributed by atoms with Gasteiger partial charge in [0.1, 0.15) is 11.3 Å². The highest BCUT2D eigenvalue weighted by Crippen LogP contribution is 2.28. The molecule has 0 amide bonds. The number of hydrogen-bond acceptors (Lipinski definition) is 5. The Hall–Kier alpha value is -3.45. The molecule has 0 saturated heterocycles. The van der Waals surface area contributed by atoms with Gasteiger partial charge in [-0.1, -0.05) is 18.2 Å². The van der Waals surface area contributed by atoms with Crippen molar-refractivity contribution in [1.82, 2.24) is 19.5 Å².